The van der Waals surface area contributed by atoms with Crippen molar-refractivity contribution in [3.05, 3.63) is 57.8 Å². The predicted molar refractivity (Wildman–Crippen MR) is 86.5 cm³/mol. The van der Waals surface area contributed by atoms with E-state index in [1.54, 1.807) is 30.3 Å². The maximum absolute atomic E-state index is 14.1. The van der Waals surface area contributed by atoms with E-state index in [4.69, 9.17) is 17.3 Å². The monoisotopic (exact) mass is 365 g/mol. The molecule has 2 aromatic carbocycles. The van der Waals surface area contributed by atoms with Gasteiger partial charge in [-0.05, 0) is 24.3 Å². The van der Waals surface area contributed by atoms with E-state index in [1.807, 2.05) is 6.07 Å². The fraction of sp³-hybridized carbons (Fsp3) is 0. The Morgan fingerprint density at radius 1 is 1.14 bits per heavy atom. The summed E-state index contributed by atoms with van der Waals surface area (Å²) >= 11 is 9.50. The highest BCUT2D eigenvalue weighted by Gasteiger charge is 2.19. The zero-order chi connectivity index (χ0) is 15.0. The van der Waals surface area contributed by atoms with Crippen molar-refractivity contribution in [1.29, 1.82) is 0 Å². The topological polar surface area (TPSA) is 54.7 Å². The summed E-state index contributed by atoms with van der Waals surface area (Å²) in [6, 6.07) is 11.8. The van der Waals surface area contributed by atoms with Crippen LogP contribution in [0.5, 0.6) is 0 Å². The minimum Gasteiger partial charge on any atom is -0.382 e. The smallest absolute Gasteiger partial charge is 0.153 e. The summed E-state index contributed by atoms with van der Waals surface area (Å²) in [5.41, 5.74) is 8.21. The first-order chi connectivity index (χ1) is 10.1. The molecule has 0 unspecified atom stereocenters. The Balaban J connectivity index is 2.27. The highest BCUT2D eigenvalue weighted by molar-refractivity contribution is 9.10. The second kappa shape index (κ2) is 5.50. The number of anilines is 1. The van der Waals surface area contributed by atoms with Gasteiger partial charge >= 0.3 is 0 Å². The lowest BCUT2D eigenvalue weighted by molar-refractivity contribution is 0.631. The van der Waals surface area contributed by atoms with Crippen molar-refractivity contribution < 1.29 is 4.39 Å². The van der Waals surface area contributed by atoms with Crippen LogP contribution in [0.25, 0.3) is 22.4 Å². The van der Waals surface area contributed by atoms with Gasteiger partial charge in [0.05, 0.1) is 11.3 Å². The maximum atomic E-state index is 14.1. The molecule has 1 heterocycles. The Labute approximate surface area is 134 Å². The number of halogens is 3. The highest BCUT2D eigenvalue weighted by Crippen LogP contribution is 2.39. The first-order valence-corrected chi connectivity index (χ1v) is 7.29. The molecule has 0 radical (unpaired) electrons. The Kier molecular flexibility index (Phi) is 3.69. The third-order valence-electron chi connectivity index (χ3n) is 3.14. The molecule has 0 aliphatic heterocycles. The molecule has 3 N–H and O–H groups in total. The normalized spacial score (nSPS) is 10.8. The van der Waals surface area contributed by atoms with Gasteiger partial charge in [-0.3, -0.25) is 5.10 Å². The zero-order valence-electron chi connectivity index (χ0n) is 10.7. The van der Waals surface area contributed by atoms with Crippen LogP contribution in [0.15, 0.2) is 46.9 Å². The lowest BCUT2D eigenvalue weighted by Gasteiger charge is -2.08. The Morgan fingerprint density at radius 3 is 2.67 bits per heavy atom. The molecule has 0 bridgehead atoms. The number of hydrogen-bond acceptors (Lipinski definition) is 2. The molecule has 0 fully saturated rings. The van der Waals surface area contributed by atoms with Crippen molar-refractivity contribution in [2.24, 2.45) is 0 Å². The number of hydrogen-bond donors (Lipinski definition) is 2. The summed E-state index contributed by atoms with van der Waals surface area (Å²) < 4.78 is 14.9. The third-order valence-corrected chi connectivity index (χ3v) is 4.06. The van der Waals surface area contributed by atoms with Crippen molar-refractivity contribution in [3.63, 3.8) is 0 Å². The minimum atomic E-state index is -0.356. The number of nitrogens with one attached hydrogen (secondary N) is 1. The van der Waals surface area contributed by atoms with E-state index in [0.29, 0.717) is 21.8 Å². The maximum Gasteiger partial charge on any atom is 0.153 e. The van der Waals surface area contributed by atoms with Crippen molar-refractivity contribution >= 4 is 33.3 Å². The molecular formula is C15H10BrClFN3. The lowest BCUT2D eigenvalue weighted by Crippen LogP contribution is -1.91. The van der Waals surface area contributed by atoms with Crippen molar-refractivity contribution in [3.8, 4) is 22.4 Å². The van der Waals surface area contributed by atoms with E-state index in [2.05, 4.69) is 26.1 Å². The number of nitrogens with zero attached hydrogens (tertiary/aromatic N) is 1. The number of nitrogen functional groups attached to an aromatic ring is 1. The van der Waals surface area contributed by atoms with Gasteiger partial charge in [0.2, 0.25) is 0 Å². The largest absolute Gasteiger partial charge is 0.382 e. The van der Waals surface area contributed by atoms with E-state index >= 15 is 0 Å². The molecule has 0 aliphatic rings. The molecule has 0 saturated heterocycles. The van der Waals surface area contributed by atoms with Gasteiger partial charge in [-0.15, -0.1) is 0 Å². The SMILES string of the molecule is Nc1n[nH]c(-c2cc(Cl)ccc2Br)c1-c1ccccc1F. The molecule has 21 heavy (non-hydrogen) atoms. The third kappa shape index (κ3) is 2.54. The molecule has 3 nitrogen and oxygen atoms in total. The average molecular weight is 367 g/mol. The number of aromatic nitrogens is 2. The van der Waals surface area contributed by atoms with Crippen LogP contribution in [0.2, 0.25) is 5.02 Å². The summed E-state index contributed by atoms with van der Waals surface area (Å²) in [7, 11) is 0. The summed E-state index contributed by atoms with van der Waals surface area (Å²) in [4.78, 5) is 0. The van der Waals surface area contributed by atoms with Crippen LogP contribution in [-0.4, -0.2) is 10.2 Å². The number of H-pyrrole nitrogens is 1. The van der Waals surface area contributed by atoms with Crippen LogP contribution in [0.4, 0.5) is 10.2 Å². The fourth-order valence-corrected chi connectivity index (χ4v) is 2.79. The molecule has 3 aromatic rings. The highest BCUT2D eigenvalue weighted by atomic mass is 79.9. The van der Waals surface area contributed by atoms with Gasteiger partial charge in [0.1, 0.15) is 5.82 Å². The molecule has 106 valence electrons. The number of nitrogens with two attached hydrogens (primary N) is 1. The van der Waals surface area contributed by atoms with Crippen LogP contribution in [0.3, 0.4) is 0 Å². The summed E-state index contributed by atoms with van der Waals surface area (Å²) in [5.74, 6) is -0.119. The average Bonchev–Trinajstić information content (AvgIpc) is 2.84. The van der Waals surface area contributed by atoms with Crippen LogP contribution in [-0.2, 0) is 0 Å². The van der Waals surface area contributed by atoms with Gasteiger partial charge in [0.25, 0.3) is 0 Å². The first-order valence-electron chi connectivity index (χ1n) is 6.12. The van der Waals surface area contributed by atoms with Crippen LogP contribution in [0, 0.1) is 5.82 Å². The van der Waals surface area contributed by atoms with Gasteiger partial charge in [-0.2, -0.15) is 5.10 Å². The van der Waals surface area contributed by atoms with Crippen molar-refractivity contribution in [1.82, 2.24) is 10.2 Å². The first kappa shape index (κ1) is 14.1. The number of aromatic amines is 1. The summed E-state index contributed by atoms with van der Waals surface area (Å²) in [6.07, 6.45) is 0. The van der Waals surface area contributed by atoms with Gasteiger partial charge in [-0.1, -0.05) is 45.7 Å². The van der Waals surface area contributed by atoms with E-state index < -0.39 is 0 Å². The molecule has 0 aliphatic carbocycles. The molecule has 0 atom stereocenters. The van der Waals surface area contributed by atoms with Gasteiger partial charge in [0.15, 0.2) is 5.82 Å². The van der Waals surface area contributed by atoms with Gasteiger partial charge < -0.3 is 5.73 Å². The second-order valence-electron chi connectivity index (χ2n) is 4.46. The number of benzene rings is 2. The van der Waals surface area contributed by atoms with Crippen LogP contribution >= 0.6 is 27.5 Å². The van der Waals surface area contributed by atoms with Crippen molar-refractivity contribution in [2.45, 2.75) is 0 Å². The Bertz CT molecular complexity index is 816. The van der Waals surface area contributed by atoms with Crippen LogP contribution < -0.4 is 5.73 Å². The molecule has 6 heteroatoms. The summed E-state index contributed by atoms with van der Waals surface area (Å²) in [5, 5.41) is 7.43. The minimum absolute atomic E-state index is 0.238. The van der Waals surface area contributed by atoms with E-state index in [1.165, 1.54) is 6.07 Å². The Morgan fingerprint density at radius 2 is 1.90 bits per heavy atom. The second-order valence-corrected chi connectivity index (χ2v) is 5.75. The molecule has 0 saturated carbocycles. The fourth-order valence-electron chi connectivity index (χ4n) is 2.18. The van der Waals surface area contributed by atoms with E-state index in [-0.39, 0.29) is 11.6 Å². The van der Waals surface area contributed by atoms with Gasteiger partial charge in [0, 0.05) is 20.6 Å². The number of rotatable bonds is 2. The molecule has 1 aromatic heterocycles. The molecule has 0 amide bonds. The molecule has 3 rings (SSSR count). The zero-order valence-corrected chi connectivity index (χ0v) is 13.0. The van der Waals surface area contributed by atoms with E-state index in [0.717, 1.165) is 10.0 Å². The summed E-state index contributed by atoms with van der Waals surface area (Å²) in [6.45, 7) is 0. The quantitative estimate of drug-likeness (QED) is 0.679. The molecule has 0 spiro atoms. The van der Waals surface area contributed by atoms with Gasteiger partial charge in [-0.25, -0.2) is 4.39 Å². The Hall–Kier alpha value is -1.85. The standard InChI is InChI=1S/C15H10BrClFN3/c16-11-6-5-8(17)7-10(11)14-13(15(19)21-20-14)9-3-1-2-4-12(9)18/h1-7H,(H3,19,20,21). The lowest BCUT2D eigenvalue weighted by atomic mass is 10.0. The van der Waals surface area contributed by atoms with Crippen molar-refractivity contribution in [2.75, 3.05) is 5.73 Å². The van der Waals surface area contributed by atoms with Crippen LogP contribution in [0.1, 0.15) is 0 Å². The molecular weight excluding hydrogens is 357 g/mol. The van der Waals surface area contributed by atoms with E-state index in [9.17, 15) is 4.39 Å². The predicted octanol–water partition coefficient (Wildman–Crippen LogP) is 4.88.